The van der Waals surface area contributed by atoms with Crippen molar-refractivity contribution in [2.75, 3.05) is 19.4 Å². The molecule has 3 heterocycles. The van der Waals surface area contributed by atoms with Crippen LogP contribution in [0.15, 0.2) is 12.4 Å². The van der Waals surface area contributed by atoms with Crippen molar-refractivity contribution in [1.29, 1.82) is 0 Å². The highest BCUT2D eigenvalue weighted by Gasteiger charge is 2.22. The first-order valence-corrected chi connectivity index (χ1v) is 10.4. The summed E-state index contributed by atoms with van der Waals surface area (Å²) in [6.07, 6.45) is 9.21. The van der Waals surface area contributed by atoms with Crippen LogP contribution in [-0.2, 0) is 13.1 Å². The van der Waals surface area contributed by atoms with Gasteiger partial charge in [0, 0.05) is 12.6 Å². The van der Waals surface area contributed by atoms with E-state index in [0.717, 1.165) is 25.1 Å². The largest absolute Gasteiger partial charge is 0.480 e. The van der Waals surface area contributed by atoms with Gasteiger partial charge in [0.2, 0.25) is 0 Å². The Balaban J connectivity index is 1.51. The summed E-state index contributed by atoms with van der Waals surface area (Å²) < 4.78 is 7.11. The Morgan fingerprint density at radius 3 is 2.63 bits per heavy atom. The highest BCUT2D eigenvalue weighted by Crippen LogP contribution is 2.26. The van der Waals surface area contributed by atoms with Crippen molar-refractivity contribution >= 4 is 17.0 Å². The summed E-state index contributed by atoms with van der Waals surface area (Å²) in [6.45, 7) is 3.62. The van der Waals surface area contributed by atoms with Crippen LogP contribution < -0.4 is 10.5 Å². The Morgan fingerprint density at radius 1 is 1.20 bits per heavy atom. The molecule has 0 aliphatic heterocycles. The molecule has 10 heteroatoms. The van der Waals surface area contributed by atoms with Crippen molar-refractivity contribution in [3.63, 3.8) is 0 Å². The second-order valence-electron chi connectivity index (χ2n) is 7.76. The zero-order chi connectivity index (χ0) is 21.1. The molecule has 30 heavy (non-hydrogen) atoms. The molecule has 3 N–H and O–H groups in total. The number of unbranched alkanes of at least 4 members (excludes halogenated alkanes) is 1. The first-order valence-electron chi connectivity index (χ1n) is 10.4. The second-order valence-corrected chi connectivity index (χ2v) is 7.76. The van der Waals surface area contributed by atoms with E-state index in [1.54, 1.807) is 12.4 Å². The van der Waals surface area contributed by atoms with Gasteiger partial charge in [-0.15, -0.1) is 0 Å². The third-order valence-electron chi connectivity index (χ3n) is 5.50. The third kappa shape index (κ3) is 4.28. The summed E-state index contributed by atoms with van der Waals surface area (Å²) in [5, 5.41) is 10.3. The predicted molar refractivity (Wildman–Crippen MR) is 112 cm³/mol. The molecule has 0 radical (unpaired) electrons. The molecular weight excluding hydrogens is 384 g/mol. The topological polar surface area (TPSA) is 128 Å². The van der Waals surface area contributed by atoms with E-state index in [2.05, 4.69) is 43.8 Å². The number of aromatic hydroxyl groups is 1. The van der Waals surface area contributed by atoms with Crippen LogP contribution in [0.25, 0.3) is 11.2 Å². The maximum absolute atomic E-state index is 10.3. The molecule has 0 amide bonds. The molecule has 3 aromatic heterocycles. The van der Waals surface area contributed by atoms with E-state index >= 15 is 0 Å². The van der Waals surface area contributed by atoms with Crippen molar-refractivity contribution in [2.45, 2.75) is 58.2 Å². The van der Waals surface area contributed by atoms with Gasteiger partial charge in [0.25, 0.3) is 6.01 Å². The summed E-state index contributed by atoms with van der Waals surface area (Å²) >= 11 is 0. The van der Waals surface area contributed by atoms with Crippen molar-refractivity contribution in [2.24, 2.45) is 0 Å². The van der Waals surface area contributed by atoms with E-state index in [0.29, 0.717) is 29.5 Å². The Hall–Kier alpha value is -3.01. The van der Waals surface area contributed by atoms with Crippen molar-refractivity contribution in [3.05, 3.63) is 23.8 Å². The molecule has 4 rings (SSSR count). The molecule has 1 aliphatic rings. The number of hydrogen-bond acceptors (Lipinski definition) is 9. The maximum atomic E-state index is 10.3. The van der Waals surface area contributed by atoms with Gasteiger partial charge in [0.15, 0.2) is 17.0 Å². The molecule has 1 fully saturated rings. The van der Waals surface area contributed by atoms with Gasteiger partial charge in [-0.2, -0.15) is 15.0 Å². The molecule has 160 valence electrons. The highest BCUT2D eigenvalue weighted by atomic mass is 16.5. The van der Waals surface area contributed by atoms with Crippen molar-refractivity contribution < 1.29 is 9.84 Å². The fraction of sp³-hybridized carbons (Fsp3) is 0.550. The highest BCUT2D eigenvalue weighted by molar-refractivity contribution is 5.83. The number of nitrogens with zero attached hydrogens (tertiary/aromatic N) is 7. The zero-order valence-electron chi connectivity index (χ0n) is 17.5. The van der Waals surface area contributed by atoms with Crippen molar-refractivity contribution in [3.8, 4) is 12.0 Å². The summed E-state index contributed by atoms with van der Waals surface area (Å²) in [5.74, 6) is 0.168. The van der Waals surface area contributed by atoms with E-state index in [4.69, 9.17) is 10.5 Å². The molecule has 3 aromatic rings. The Labute approximate surface area is 175 Å². The fourth-order valence-electron chi connectivity index (χ4n) is 3.43. The van der Waals surface area contributed by atoms with Gasteiger partial charge in [-0.1, -0.05) is 19.8 Å². The third-order valence-corrected chi connectivity index (χ3v) is 5.50. The van der Waals surface area contributed by atoms with Crippen LogP contribution in [0.5, 0.6) is 12.0 Å². The lowest BCUT2D eigenvalue weighted by Gasteiger charge is -2.34. The number of rotatable bonds is 9. The van der Waals surface area contributed by atoms with Gasteiger partial charge < -0.3 is 15.6 Å². The SMILES string of the molecule is CCCCOc1nc(N)c2nc(O)n(Cc3cnc(CN(C)C4CCC4)cn3)c2n1. The molecule has 0 spiro atoms. The number of nitrogens with two attached hydrogens (primary N) is 1. The number of anilines is 1. The minimum atomic E-state index is -0.202. The first kappa shape index (κ1) is 20.3. The van der Waals surface area contributed by atoms with Gasteiger partial charge >= 0.3 is 6.01 Å². The zero-order valence-corrected chi connectivity index (χ0v) is 17.5. The van der Waals surface area contributed by atoms with E-state index in [1.807, 2.05) is 0 Å². The Kier molecular flexibility index (Phi) is 5.93. The van der Waals surface area contributed by atoms with Gasteiger partial charge in [-0.25, -0.2) is 0 Å². The number of nitrogen functional groups attached to an aromatic ring is 1. The average Bonchev–Trinajstić information content (AvgIpc) is 2.98. The first-order chi connectivity index (χ1) is 14.5. The molecule has 1 aliphatic carbocycles. The van der Waals surface area contributed by atoms with E-state index < -0.39 is 0 Å². The normalized spacial score (nSPS) is 14.4. The summed E-state index contributed by atoms with van der Waals surface area (Å²) in [5.41, 5.74) is 8.34. The minimum Gasteiger partial charge on any atom is -0.480 e. The van der Waals surface area contributed by atoms with Crippen LogP contribution in [0.3, 0.4) is 0 Å². The molecule has 0 saturated heterocycles. The summed E-state index contributed by atoms with van der Waals surface area (Å²) in [7, 11) is 2.12. The predicted octanol–water partition coefficient (Wildman–Crippen LogP) is 2.12. The minimum absolute atomic E-state index is 0.168. The van der Waals surface area contributed by atoms with Gasteiger partial charge in [0.1, 0.15) is 0 Å². The number of imidazole rings is 1. The lowest BCUT2D eigenvalue weighted by atomic mass is 9.92. The quantitative estimate of drug-likeness (QED) is 0.508. The lowest BCUT2D eigenvalue weighted by molar-refractivity contribution is 0.151. The second kappa shape index (κ2) is 8.78. The number of aromatic nitrogens is 6. The molecule has 0 bridgehead atoms. The van der Waals surface area contributed by atoms with Gasteiger partial charge in [-0.3, -0.25) is 19.4 Å². The number of hydrogen-bond donors (Lipinski definition) is 2. The molecular formula is C20H28N8O2. The number of ether oxygens (including phenoxy) is 1. The summed E-state index contributed by atoms with van der Waals surface area (Å²) in [4.78, 5) is 24.0. The molecule has 0 atom stereocenters. The van der Waals surface area contributed by atoms with E-state index in [9.17, 15) is 5.11 Å². The van der Waals surface area contributed by atoms with Gasteiger partial charge in [0.05, 0.1) is 36.9 Å². The average molecular weight is 412 g/mol. The van der Waals surface area contributed by atoms with E-state index in [1.165, 1.54) is 23.8 Å². The Morgan fingerprint density at radius 2 is 1.97 bits per heavy atom. The van der Waals surface area contributed by atoms with Crippen molar-refractivity contribution in [1.82, 2.24) is 34.4 Å². The fourth-order valence-corrected chi connectivity index (χ4v) is 3.43. The smallest absolute Gasteiger partial charge is 0.320 e. The monoisotopic (exact) mass is 412 g/mol. The summed E-state index contributed by atoms with van der Waals surface area (Å²) in [6, 6.07) is 0.627. The standard InChI is InChI=1S/C20H28N8O2/c1-3-4-8-30-19-25-17(21)16-18(26-19)28(20(29)24-16)12-14-10-22-13(9-23-14)11-27(2)15-6-5-7-15/h9-10,15H,3-8,11-12H2,1-2H3,(H,24,29)(H2,21,25,26). The Bertz CT molecular complexity index is 1000. The van der Waals surface area contributed by atoms with Crippen LogP contribution in [0, 0.1) is 0 Å². The van der Waals surface area contributed by atoms with Gasteiger partial charge in [-0.05, 0) is 26.3 Å². The van der Waals surface area contributed by atoms with Crippen LogP contribution >= 0.6 is 0 Å². The molecule has 10 nitrogen and oxygen atoms in total. The van der Waals surface area contributed by atoms with Crippen LogP contribution in [0.2, 0.25) is 0 Å². The van der Waals surface area contributed by atoms with E-state index in [-0.39, 0.29) is 24.4 Å². The maximum Gasteiger partial charge on any atom is 0.320 e. The lowest BCUT2D eigenvalue weighted by Crippen LogP contribution is -2.36. The molecule has 0 aromatic carbocycles. The molecule has 1 saturated carbocycles. The van der Waals surface area contributed by atoms with Crippen LogP contribution in [0.4, 0.5) is 5.82 Å². The molecule has 0 unspecified atom stereocenters. The number of fused-ring (bicyclic) bond motifs is 1. The van der Waals surface area contributed by atoms with Crippen LogP contribution in [-0.4, -0.2) is 59.2 Å². The van der Waals surface area contributed by atoms with Crippen LogP contribution in [0.1, 0.15) is 50.4 Å².